The highest BCUT2D eigenvalue weighted by atomic mass is 127. The van der Waals surface area contributed by atoms with Crippen molar-refractivity contribution in [2.75, 3.05) is 13.2 Å². The molecule has 1 aliphatic heterocycles. The first kappa shape index (κ1) is 22.3. The van der Waals surface area contributed by atoms with Crippen molar-refractivity contribution in [2.45, 2.75) is 48.8 Å². The third-order valence-corrected chi connectivity index (χ3v) is 9.71. The Morgan fingerprint density at radius 1 is 1.26 bits per heavy atom. The molecule has 164 valence electrons. The topological polar surface area (TPSA) is 63.7 Å². The molecule has 1 aliphatic carbocycles. The molecule has 0 N–H and O–H groups in total. The van der Waals surface area contributed by atoms with E-state index in [0.717, 1.165) is 32.3 Å². The number of fused-ring (bicyclic) bond motifs is 3. The summed E-state index contributed by atoms with van der Waals surface area (Å²) in [5.41, 5.74) is 3.66. The Kier molecular flexibility index (Phi) is 5.93. The lowest BCUT2D eigenvalue weighted by Gasteiger charge is -2.42. The van der Waals surface area contributed by atoms with Gasteiger partial charge < -0.3 is 9.64 Å². The molecule has 1 heterocycles. The number of benzene rings is 2. The van der Waals surface area contributed by atoms with Crippen LogP contribution < -0.4 is 0 Å². The van der Waals surface area contributed by atoms with Crippen LogP contribution in [0.5, 0.6) is 0 Å². The van der Waals surface area contributed by atoms with Crippen LogP contribution in [0.1, 0.15) is 43.4 Å². The number of hydrogen-bond acceptors (Lipinski definition) is 4. The van der Waals surface area contributed by atoms with Crippen molar-refractivity contribution in [3.05, 3.63) is 69.3 Å². The van der Waals surface area contributed by atoms with Crippen molar-refractivity contribution in [3.63, 3.8) is 0 Å². The summed E-state index contributed by atoms with van der Waals surface area (Å²) in [5, 5.41) is 0. The second-order valence-corrected chi connectivity index (χ2v) is 11.6. The van der Waals surface area contributed by atoms with E-state index in [9.17, 15) is 13.2 Å². The van der Waals surface area contributed by atoms with Gasteiger partial charge in [-0.25, -0.2) is 13.2 Å². The number of amides is 1. The van der Waals surface area contributed by atoms with Crippen LogP contribution in [0, 0.1) is 3.57 Å². The Morgan fingerprint density at radius 2 is 1.97 bits per heavy atom. The molecule has 7 heteroatoms. The van der Waals surface area contributed by atoms with Gasteiger partial charge in [-0.05, 0) is 96.7 Å². The molecule has 0 spiro atoms. The molecule has 1 fully saturated rings. The fourth-order valence-corrected chi connectivity index (χ4v) is 7.97. The van der Waals surface area contributed by atoms with E-state index in [4.69, 9.17) is 4.74 Å². The van der Waals surface area contributed by atoms with E-state index in [1.807, 2.05) is 19.1 Å². The third-order valence-electron chi connectivity index (χ3n) is 6.49. The first-order chi connectivity index (χ1) is 14.7. The number of carbonyl (C=O) groups excluding carboxylic acids is 1. The van der Waals surface area contributed by atoms with Gasteiger partial charge in [-0.15, -0.1) is 0 Å². The largest absolute Gasteiger partial charge is 0.450 e. The van der Waals surface area contributed by atoms with Crippen LogP contribution in [0.15, 0.2) is 53.9 Å². The smallest absolute Gasteiger partial charge is 0.410 e. The Morgan fingerprint density at radius 3 is 2.61 bits per heavy atom. The van der Waals surface area contributed by atoms with Gasteiger partial charge in [-0.2, -0.15) is 0 Å². The number of rotatable bonds is 4. The zero-order valence-corrected chi connectivity index (χ0v) is 20.7. The lowest BCUT2D eigenvalue weighted by molar-refractivity contribution is 0.0970. The van der Waals surface area contributed by atoms with Crippen molar-refractivity contribution in [1.29, 1.82) is 0 Å². The number of nitrogens with zero attached hydrogens (tertiary/aromatic N) is 1. The number of aryl methyl sites for hydroxylation is 1. The second-order valence-electron chi connectivity index (χ2n) is 8.20. The van der Waals surface area contributed by atoms with Crippen LogP contribution >= 0.6 is 22.6 Å². The summed E-state index contributed by atoms with van der Waals surface area (Å²) in [7, 11) is -3.79. The highest BCUT2D eigenvalue weighted by Gasteiger charge is 2.61. The molecule has 0 radical (unpaired) electrons. The number of carbonyl (C=O) groups is 1. The molecule has 2 aromatic rings. The normalized spacial score (nSPS) is 22.5. The first-order valence-corrected chi connectivity index (χ1v) is 13.0. The molecule has 1 amide bonds. The summed E-state index contributed by atoms with van der Waals surface area (Å²) >= 11 is 2.26. The van der Waals surface area contributed by atoms with Crippen LogP contribution in [0.25, 0.3) is 5.57 Å². The Hall–Kier alpha value is -1.87. The van der Waals surface area contributed by atoms with E-state index < -0.39 is 26.7 Å². The third kappa shape index (κ3) is 3.50. The lowest BCUT2D eigenvalue weighted by atomic mass is 9.78. The molecule has 5 nitrogen and oxygen atoms in total. The summed E-state index contributed by atoms with van der Waals surface area (Å²) in [6.07, 6.45) is 1.25. The zero-order chi connectivity index (χ0) is 22.4. The van der Waals surface area contributed by atoms with E-state index in [1.54, 1.807) is 36.1 Å². The van der Waals surface area contributed by atoms with Gasteiger partial charge in [0.2, 0.25) is 0 Å². The molecular weight excluding hydrogens is 525 g/mol. The predicted molar refractivity (Wildman–Crippen MR) is 130 cm³/mol. The molecule has 0 bridgehead atoms. The van der Waals surface area contributed by atoms with Gasteiger partial charge in [0.25, 0.3) is 0 Å². The monoisotopic (exact) mass is 551 g/mol. The molecule has 4 rings (SSSR count). The van der Waals surface area contributed by atoms with Crippen LogP contribution in [0.2, 0.25) is 0 Å². The van der Waals surface area contributed by atoms with Gasteiger partial charge in [0, 0.05) is 10.1 Å². The number of hydrogen-bond donors (Lipinski definition) is 0. The van der Waals surface area contributed by atoms with Gasteiger partial charge in [0.15, 0.2) is 9.84 Å². The van der Waals surface area contributed by atoms with E-state index in [0.29, 0.717) is 19.4 Å². The van der Waals surface area contributed by atoms with Crippen molar-refractivity contribution < 1.29 is 17.9 Å². The van der Waals surface area contributed by atoms with Gasteiger partial charge in [0.1, 0.15) is 4.75 Å². The highest BCUT2D eigenvalue weighted by molar-refractivity contribution is 14.1. The van der Waals surface area contributed by atoms with Crippen molar-refractivity contribution in [1.82, 2.24) is 4.90 Å². The van der Waals surface area contributed by atoms with Crippen molar-refractivity contribution >= 4 is 44.1 Å². The van der Waals surface area contributed by atoms with E-state index in [2.05, 4.69) is 35.2 Å². The molecule has 1 saturated heterocycles. The number of likely N-dealkylation sites (tertiary alicyclic amines) is 1. The van der Waals surface area contributed by atoms with Crippen molar-refractivity contribution in [3.8, 4) is 0 Å². The maximum Gasteiger partial charge on any atom is 0.410 e. The molecule has 31 heavy (non-hydrogen) atoms. The highest BCUT2D eigenvalue weighted by Crippen LogP contribution is 2.53. The van der Waals surface area contributed by atoms with Gasteiger partial charge in [-0.3, -0.25) is 0 Å². The molecule has 2 atom stereocenters. The number of sulfone groups is 1. The van der Waals surface area contributed by atoms with E-state index in [1.165, 1.54) is 0 Å². The fraction of sp³-hybridized carbons (Fsp3) is 0.375. The maximum atomic E-state index is 14.2. The minimum atomic E-state index is -3.79. The SMILES string of the molecule is C=C(C)c1ccc(S(=O)(=O)C23CCN(C(=O)OCC)C2CCc2cc(I)ccc23)cc1. The second kappa shape index (κ2) is 8.24. The van der Waals surface area contributed by atoms with Crippen LogP contribution in [-0.4, -0.2) is 38.6 Å². The summed E-state index contributed by atoms with van der Waals surface area (Å²) in [5.74, 6) is 0. The summed E-state index contributed by atoms with van der Waals surface area (Å²) in [6, 6.07) is 12.4. The zero-order valence-electron chi connectivity index (χ0n) is 17.7. The minimum absolute atomic E-state index is 0.263. The summed E-state index contributed by atoms with van der Waals surface area (Å²) < 4.78 is 33.7. The predicted octanol–water partition coefficient (Wildman–Crippen LogP) is 5.17. The van der Waals surface area contributed by atoms with Gasteiger partial charge >= 0.3 is 6.09 Å². The fourth-order valence-electron chi connectivity index (χ4n) is 5.05. The Labute approximate surface area is 197 Å². The average Bonchev–Trinajstić information content (AvgIpc) is 3.15. The standard InChI is InChI=1S/C24H26INO4S/c1-4-30-23(27)26-14-13-24(21-11-8-19(25)15-18(21)7-12-22(24)26)31(28,29)20-9-5-17(6-10-20)16(2)3/h5-6,8-11,15,22H,2,4,7,12-14H2,1,3H3. The molecular formula is C24H26INO4S. The lowest BCUT2D eigenvalue weighted by Crippen LogP contribution is -2.52. The molecule has 2 aromatic carbocycles. The van der Waals surface area contributed by atoms with Crippen LogP contribution in [0.4, 0.5) is 4.79 Å². The first-order valence-electron chi connectivity index (χ1n) is 10.4. The quantitative estimate of drug-likeness (QED) is 0.492. The molecule has 2 aliphatic rings. The summed E-state index contributed by atoms with van der Waals surface area (Å²) in [4.78, 5) is 14.6. The van der Waals surface area contributed by atoms with Gasteiger partial charge in [0.05, 0.1) is 17.5 Å². The average molecular weight is 551 g/mol. The Balaban J connectivity index is 1.89. The van der Waals surface area contributed by atoms with Gasteiger partial charge in [-0.1, -0.05) is 30.4 Å². The van der Waals surface area contributed by atoms with Crippen LogP contribution in [0.3, 0.4) is 0 Å². The maximum absolute atomic E-state index is 14.2. The molecule has 0 aromatic heterocycles. The number of halogens is 1. The van der Waals surface area contributed by atoms with Crippen molar-refractivity contribution in [2.24, 2.45) is 0 Å². The van der Waals surface area contributed by atoms with E-state index >= 15 is 0 Å². The molecule has 0 saturated carbocycles. The molecule has 2 unspecified atom stereocenters. The van der Waals surface area contributed by atoms with Crippen LogP contribution in [-0.2, 0) is 25.7 Å². The van der Waals surface area contributed by atoms with E-state index in [-0.39, 0.29) is 11.5 Å². The minimum Gasteiger partial charge on any atom is -0.450 e. The number of allylic oxidation sites excluding steroid dienone is 1. The Bertz CT molecular complexity index is 1140. The summed E-state index contributed by atoms with van der Waals surface area (Å²) in [6.45, 7) is 8.21. The number of ether oxygens (including phenoxy) is 1.